The summed E-state index contributed by atoms with van der Waals surface area (Å²) in [5, 5.41) is 70.1. The Labute approximate surface area is 408 Å². The number of hydrogen-bond acceptors (Lipinski definition) is 13. The number of carbonyl (C=O) groups is 1. The zero-order valence-electron chi connectivity index (χ0n) is 37.6. The van der Waals surface area contributed by atoms with Crippen molar-refractivity contribution in [2.45, 2.75) is 72.8 Å². The van der Waals surface area contributed by atoms with Crippen molar-refractivity contribution in [2.75, 3.05) is 13.1 Å². The number of ether oxygens (including phenoxy) is 3. The Morgan fingerprint density at radius 3 is 1.51 bits per heavy atom. The molecule has 10 atom stereocenters. The van der Waals surface area contributed by atoms with Gasteiger partial charge in [-0.1, -0.05) is 108 Å². The minimum Gasteiger partial charge on any atom is -0.476 e. The second-order valence-corrected chi connectivity index (χ2v) is 19.6. The van der Waals surface area contributed by atoms with Crippen LogP contribution < -0.4 is 20.5 Å². The lowest BCUT2D eigenvalue weighted by molar-refractivity contribution is -0.153. The number of benzene rings is 4. The molecule has 14 nitrogen and oxygen atoms in total. The van der Waals surface area contributed by atoms with Crippen molar-refractivity contribution in [1.29, 1.82) is 10.5 Å². The number of nitrogens with zero attached hydrogens (tertiary/aromatic N) is 4. The number of amides is 1. The number of aliphatic hydroxyl groups is 4. The molecule has 4 aromatic carbocycles. The van der Waals surface area contributed by atoms with Crippen molar-refractivity contribution in [3.8, 4) is 23.6 Å². The van der Waals surface area contributed by atoms with Gasteiger partial charge in [-0.25, -0.2) is 4.79 Å². The van der Waals surface area contributed by atoms with E-state index in [1.54, 1.807) is 81.4 Å². The lowest BCUT2D eigenvalue weighted by Gasteiger charge is -2.40. The Bertz CT molecular complexity index is 2990. The molecule has 16 heteroatoms. The molecule has 2 aromatic heterocycles. The molecule has 7 N–H and O–H groups in total. The second kappa shape index (κ2) is 17.7. The number of nitrogens with two attached hydrogens (primary N) is 1. The highest BCUT2D eigenvalue weighted by Crippen LogP contribution is 2.69. The van der Waals surface area contributed by atoms with Crippen LogP contribution in [0.4, 0.5) is 4.79 Å². The third kappa shape index (κ3) is 7.38. The molecule has 10 rings (SSSR count). The summed E-state index contributed by atoms with van der Waals surface area (Å²) < 4.78 is 18.6. The molecule has 2 aliphatic carbocycles. The van der Waals surface area contributed by atoms with E-state index in [0.29, 0.717) is 38.0 Å². The highest BCUT2D eigenvalue weighted by Gasteiger charge is 2.78. The van der Waals surface area contributed by atoms with Crippen LogP contribution in [0.2, 0.25) is 10.0 Å². The molecule has 0 bridgehead atoms. The molecular weight excluding hydrogens is 920 g/mol. The first-order chi connectivity index (χ1) is 33.0. The Balaban J connectivity index is 0.000000175. The molecule has 0 saturated heterocycles. The number of nitrogens with one attached hydrogen (secondary N) is 1. The van der Waals surface area contributed by atoms with Gasteiger partial charge in [-0.3, -0.25) is 9.97 Å². The Morgan fingerprint density at radius 2 is 1.12 bits per heavy atom. The summed E-state index contributed by atoms with van der Waals surface area (Å²) in [6.07, 6.45) is -0.468. The van der Waals surface area contributed by atoms with E-state index >= 15 is 0 Å². The van der Waals surface area contributed by atoms with Crippen molar-refractivity contribution in [3.05, 3.63) is 189 Å². The number of carbonyl (C=O) groups excluding carboxylic acids is 1. The lowest BCUT2D eigenvalue weighted by atomic mass is 9.71. The van der Waals surface area contributed by atoms with Crippen LogP contribution in [-0.4, -0.2) is 67.4 Å². The van der Waals surface area contributed by atoms with Crippen LogP contribution in [0.5, 0.6) is 11.5 Å². The highest BCUT2D eigenvalue weighted by atomic mass is 35.5. The van der Waals surface area contributed by atoms with Gasteiger partial charge in [0.15, 0.2) is 22.4 Å². The third-order valence-corrected chi connectivity index (χ3v) is 14.2. The van der Waals surface area contributed by atoms with Gasteiger partial charge in [0.25, 0.3) is 0 Å². The van der Waals surface area contributed by atoms with Crippen LogP contribution in [0.3, 0.4) is 0 Å². The summed E-state index contributed by atoms with van der Waals surface area (Å²) in [5.74, 6) is -1.79. The van der Waals surface area contributed by atoms with Crippen molar-refractivity contribution in [1.82, 2.24) is 15.3 Å². The minimum atomic E-state index is -2.01. The van der Waals surface area contributed by atoms with Crippen molar-refractivity contribution in [3.63, 3.8) is 0 Å². The molecule has 4 heterocycles. The summed E-state index contributed by atoms with van der Waals surface area (Å²) in [7, 11) is 0. The van der Waals surface area contributed by atoms with Crippen molar-refractivity contribution in [2.24, 2.45) is 17.6 Å². The van der Waals surface area contributed by atoms with E-state index in [1.165, 1.54) is 12.4 Å². The summed E-state index contributed by atoms with van der Waals surface area (Å²) in [6.45, 7) is 5.41. The van der Waals surface area contributed by atoms with Crippen LogP contribution in [-0.2, 0) is 27.1 Å². The fourth-order valence-electron chi connectivity index (χ4n) is 11.1. The summed E-state index contributed by atoms with van der Waals surface area (Å²) in [4.78, 5) is 21.3. The van der Waals surface area contributed by atoms with E-state index < -0.39 is 70.0 Å². The molecule has 2 aliphatic heterocycles. The fraction of sp³-hybridized carbons (Fsp3) is 0.302. The number of aliphatic hydroxyl groups excluding tert-OH is 2. The van der Waals surface area contributed by atoms with E-state index in [1.807, 2.05) is 60.7 Å². The van der Waals surface area contributed by atoms with E-state index in [-0.39, 0.29) is 30.2 Å². The molecule has 0 spiro atoms. The van der Waals surface area contributed by atoms with E-state index in [9.17, 15) is 35.7 Å². The van der Waals surface area contributed by atoms with Crippen LogP contribution in [0.15, 0.2) is 134 Å². The average molecular weight is 968 g/mol. The van der Waals surface area contributed by atoms with Gasteiger partial charge in [-0.15, -0.1) is 0 Å². The van der Waals surface area contributed by atoms with Gasteiger partial charge in [-0.2, -0.15) is 10.5 Å². The quantitative estimate of drug-likeness (QED) is 0.0930. The molecule has 6 aromatic rings. The summed E-state index contributed by atoms with van der Waals surface area (Å²) >= 11 is 12.4. The van der Waals surface area contributed by atoms with Crippen LogP contribution in [0.1, 0.15) is 77.4 Å². The first-order valence-electron chi connectivity index (χ1n) is 22.3. The first kappa shape index (κ1) is 47.5. The van der Waals surface area contributed by atoms with Gasteiger partial charge in [0.2, 0.25) is 0 Å². The topological polar surface area (TPSA) is 237 Å². The van der Waals surface area contributed by atoms with Gasteiger partial charge >= 0.3 is 6.09 Å². The summed E-state index contributed by atoms with van der Waals surface area (Å²) in [5.41, 5.74) is 2.68. The van der Waals surface area contributed by atoms with Crippen LogP contribution >= 0.6 is 23.2 Å². The van der Waals surface area contributed by atoms with Gasteiger partial charge in [0.1, 0.15) is 28.5 Å². The van der Waals surface area contributed by atoms with Crippen molar-refractivity contribution < 1.29 is 39.4 Å². The Kier molecular flexibility index (Phi) is 12.2. The number of halogens is 2. The number of aromatic nitrogens is 2. The number of nitriles is 2. The third-order valence-electron chi connectivity index (χ3n) is 13.8. The Morgan fingerprint density at radius 1 is 0.710 bits per heavy atom. The molecule has 69 heavy (non-hydrogen) atoms. The standard InChI is InChI=1S/C29H28ClN3O5.C24H20ClN3O3/c1-27(2,3)38-26(35)33-16-21-23(18-7-5-4-6-8-18)29(19-11-9-17(14-31)10-12-19)28(36,25(21)34)24-22(37-29)13-20(30)15-32-24;25-17-10-19-21(28-13-17)23(30)22(29)18(12-27)20(15-4-2-1-3-5-15)24(23,31-19)16-8-6-14(11-26)7-9-16/h4-13,15,21,23,25,34,36H,16H2,1-3H3,(H,33,35);1-10,13,18,20,22,29-30H,12,27H2/t21-,23-,25-,28+,29+;18-,20-,22-,23+,24+/m11/s1. The maximum atomic E-state index is 12.6. The van der Waals surface area contributed by atoms with Gasteiger partial charge in [-0.05, 0) is 73.8 Å². The van der Waals surface area contributed by atoms with E-state index in [0.717, 1.165) is 11.1 Å². The van der Waals surface area contributed by atoms with Gasteiger partial charge in [0.05, 0.1) is 45.5 Å². The fourth-order valence-corrected chi connectivity index (χ4v) is 11.4. The average Bonchev–Trinajstić information content (AvgIpc) is 3.90. The maximum absolute atomic E-state index is 12.6. The smallest absolute Gasteiger partial charge is 0.407 e. The SMILES string of the molecule is CC(C)(C)OC(=O)NC[C@H]1[C@@H](O)[C@@]2(O)c3ncc(Cl)cc3O[C@@]2(c2ccc(C#N)cc2)[C@@H]1c1ccccc1.N#Cc1ccc([C@@]23Oc4cc(Cl)cnc4[C@]2(O)[C@H](O)[C@H](CN)[C@H]3c2ccccc2)cc1. The van der Waals surface area contributed by atoms with E-state index in [2.05, 4.69) is 27.4 Å². The van der Waals surface area contributed by atoms with Crippen LogP contribution in [0, 0.1) is 34.5 Å². The zero-order chi connectivity index (χ0) is 49.1. The predicted octanol–water partition coefficient (Wildman–Crippen LogP) is 7.20. The Hall–Kier alpha value is -6.59. The number of fused-ring (bicyclic) bond motifs is 6. The number of pyridine rings is 2. The number of hydrogen-bond donors (Lipinski definition) is 6. The first-order valence-corrected chi connectivity index (χ1v) is 23.0. The molecule has 0 radical (unpaired) electrons. The van der Waals surface area contributed by atoms with E-state index in [4.69, 9.17) is 43.1 Å². The monoisotopic (exact) mass is 966 g/mol. The molecule has 1 amide bonds. The largest absolute Gasteiger partial charge is 0.476 e. The summed E-state index contributed by atoms with van der Waals surface area (Å²) in [6, 6.07) is 39.8. The molecule has 352 valence electrons. The number of alkyl carbamates (subject to hydrolysis) is 1. The van der Waals surface area contributed by atoms with Crippen molar-refractivity contribution >= 4 is 29.3 Å². The molecule has 0 unspecified atom stereocenters. The molecular formula is C53H48Cl2N6O8. The lowest BCUT2D eigenvalue weighted by Crippen LogP contribution is -2.52. The number of rotatable bonds is 7. The molecule has 4 aliphatic rings. The van der Waals surface area contributed by atoms with Gasteiger partial charge in [0, 0.05) is 54.7 Å². The minimum absolute atomic E-state index is 0.0116. The van der Waals surface area contributed by atoms with Gasteiger partial charge < -0.3 is 45.7 Å². The molecule has 2 fully saturated rings. The predicted molar refractivity (Wildman–Crippen MR) is 254 cm³/mol. The van der Waals surface area contributed by atoms with Crippen LogP contribution in [0.25, 0.3) is 0 Å². The maximum Gasteiger partial charge on any atom is 0.407 e. The highest BCUT2D eigenvalue weighted by molar-refractivity contribution is 6.30. The molecule has 2 saturated carbocycles. The zero-order valence-corrected chi connectivity index (χ0v) is 39.1. The second-order valence-electron chi connectivity index (χ2n) is 18.7. The normalized spacial score (nSPS) is 29.0.